The second-order valence-electron chi connectivity index (χ2n) is 8.17. The quantitative estimate of drug-likeness (QED) is 0.787. The Morgan fingerprint density at radius 3 is 1.93 bits per heavy atom. The number of carboxylic acid groups (broad SMARTS) is 1. The smallest absolute Gasteiger partial charge is 0.420 e. The summed E-state index contributed by atoms with van der Waals surface area (Å²) in [5.41, 5.74) is 3.27. The van der Waals surface area contributed by atoms with Crippen LogP contribution in [-0.4, -0.2) is 46.4 Å². The maximum atomic E-state index is 12.7. The van der Waals surface area contributed by atoms with Crippen molar-refractivity contribution in [3.8, 4) is 11.1 Å². The van der Waals surface area contributed by atoms with Crippen molar-refractivity contribution in [1.82, 2.24) is 4.90 Å². The van der Waals surface area contributed by atoms with Crippen molar-refractivity contribution >= 4 is 18.2 Å². The Bertz CT molecular complexity index is 932. The Morgan fingerprint density at radius 2 is 1.47 bits per heavy atom. The van der Waals surface area contributed by atoms with Crippen LogP contribution in [0.2, 0.25) is 0 Å². The molecule has 0 unspecified atom stereocenters. The molecule has 1 N–H and O–H groups in total. The number of hydrogen-bond donors (Lipinski definition) is 1. The van der Waals surface area contributed by atoms with Crippen molar-refractivity contribution in [3.05, 3.63) is 59.7 Å². The fraction of sp³-hybridized carbons (Fsp3) is 0.348. The van der Waals surface area contributed by atoms with E-state index in [4.69, 9.17) is 9.47 Å². The third-order valence-electron chi connectivity index (χ3n) is 4.87. The molecule has 1 aliphatic rings. The van der Waals surface area contributed by atoms with E-state index >= 15 is 0 Å². The van der Waals surface area contributed by atoms with Crippen LogP contribution >= 0.6 is 0 Å². The number of amides is 2. The van der Waals surface area contributed by atoms with Crippen LogP contribution in [0.4, 0.5) is 9.59 Å². The first-order valence-electron chi connectivity index (χ1n) is 9.70. The lowest BCUT2D eigenvalue weighted by atomic mass is 9.98. The zero-order chi connectivity index (χ0) is 22.1. The maximum absolute atomic E-state index is 12.7. The van der Waals surface area contributed by atoms with E-state index in [1.165, 1.54) is 6.92 Å². The van der Waals surface area contributed by atoms with Crippen molar-refractivity contribution < 1.29 is 29.0 Å². The van der Waals surface area contributed by atoms with Gasteiger partial charge < -0.3 is 14.6 Å². The third kappa shape index (κ3) is 4.30. The summed E-state index contributed by atoms with van der Waals surface area (Å²) in [6.07, 6.45) is -2.12. The molecule has 0 aromatic heterocycles. The molecule has 3 rings (SSSR count). The van der Waals surface area contributed by atoms with E-state index in [9.17, 15) is 19.5 Å². The van der Waals surface area contributed by atoms with Gasteiger partial charge in [-0.05, 0) is 49.9 Å². The lowest BCUT2D eigenvalue weighted by Gasteiger charge is -2.28. The molecule has 158 valence electrons. The van der Waals surface area contributed by atoms with Crippen LogP contribution in [0.1, 0.15) is 44.7 Å². The van der Waals surface area contributed by atoms with Crippen molar-refractivity contribution in [2.75, 3.05) is 6.61 Å². The summed E-state index contributed by atoms with van der Waals surface area (Å²) >= 11 is 0. The normalized spacial score (nSPS) is 13.7. The predicted octanol–water partition coefficient (Wildman–Crippen LogP) is 4.65. The van der Waals surface area contributed by atoms with E-state index in [1.54, 1.807) is 20.8 Å². The minimum absolute atomic E-state index is 0.0293. The molecule has 7 nitrogen and oxygen atoms in total. The van der Waals surface area contributed by atoms with Gasteiger partial charge in [-0.3, -0.25) is 0 Å². The summed E-state index contributed by atoms with van der Waals surface area (Å²) in [4.78, 5) is 37.2. The van der Waals surface area contributed by atoms with Gasteiger partial charge in [0.15, 0.2) is 0 Å². The van der Waals surface area contributed by atoms with Crippen LogP contribution in [0.15, 0.2) is 48.5 Å². The fourth-order valence-electron chi connectivity index (χ4n) is 3.48. The molecule has 0 saturated heterocycles. The van der Waals surface area contributed by atoms with Crippen LogP contribution in [0, 0.1) is 0 Å². The minimum atomic E-state index is -1.43. The van der Waals surface area contributed by atoms with Gasteiger partial charge in [0.1, 0.15) is 18.2 Å². The summed E-state index contributed by atoms with van der Waals surface area (Å²) in [5, 5.41) is 9.33. The highest BCUT2D eigenvalue weighted by Crippen LogP contribution is 2.44. The van der Waals surface area contributed by atoms with Crippen LogP contribution in [0.5, 0.6) is 0 Å². The van der Waals surface area contributed by atoms with Crippen molar-refractivity contribution in [2.45, 2.75) is 45.3 Å². The number of rotatable bonds is 4. The number of ether oxygens (including phenoxy) is 2. The first-order valence-corrected chi connectivity index (χ1v) is 9.70. The molecule has 2 amide bonds. The monoisotopic (exact) mass is 411 g/mol. The van der Waals surface area contributed by atoms with E-state index in [2.05, 4.69) is 0 Å². The Hall–Kier alpha value is -3.35. The summed E-state index contributed by atoms with van der Waals surface area (Å²) in [6.45, 7) is 6.09. The molecule has 2 aromatic carbocycles. The lowest BCUT2D eigenvalue weighted by molar-refractivity contribution is -0.142. The number of carbonyl (C=O) groups is 3. The molecule has 0 heterocycles. The van der Waals surface area contributed by atoms with Gasteiger partial charge in [-0.15, -0.1) is 0 Å². The zero-order valence-corrected chi connectivity index (χ0v) is 17.4. The number of imide groups is 1. The highest BCUT2D eigenvalue weighted by atomic mass is 16.6. The molecule has 0 fully saturated rings. The number of aliphatic carboxylic acids is 1. The van der Waals surface area contributed by atoms with Crippen LogP contribution in [-0.2, 0) is 14.3 Å². The molecule has 0 aliphatic heterocycles. The standard InChI is InChI=1S/C23H25NO6/c1-14(20(25)26)24(22(28)30-23(2,3)4)21(27)29-13-19-17-11-7-5-9-15(17)16-10-6-8-12-18(16)19/h5-12,14,19H,13H2,1-4H3,(H,25,26)/t14-/m0/s1. The van der Waals surface area contributed by atoms with E-state index < -0.39 is 29.8 Å². The maximum Gasteiger partial charge on any atom is 0.420 e. The van der Waals surface area contributed by atoms with E-state index in [1.807, 2.05) is 48.5 Å². The van der Waals surface area contributed by atoms with Crippen molar-refractivity contribution in [1.29, 1.82) is 0 Å². The van der Waals surface area contributed by atoms with Gasteiger partial charge in [0, 0.05) is 5.92 Å². The molecule has 30 heavy (non-hydrogen) atoms. The zero-order valence-electron chi connectivity index (χ0n) is 17.4. The molecule has 1 atom stereocenters. The Labute approximate surface area is 175 Å². The lowest BCUT2D eigenvalue weighted by Crippen LogP contribution is -2.49. The fourth-order valence-corrected chi connectivity index (χ4v) is 3.48. The number of carbonyl (C=O) groups excluding carboxylic acids is 2. The average Bonchev–Trinajstić information content (AvgIpc) is 2.99. The predicted molar refractivity (Wildman–Crippen MR) is 110 cm³/mol. The van der Waals surface area contributed by atoms with Gasteiger partial charge in [0.2, 0.25) is 0 Å². The second-order valence-corrected chi connectivity index (χ2v) is 8.17. The highest BCUT2D eigenvalue weighted by molar-refractivity contribution is 5.93. The minimum Gasteiger partial charge on any atom is -0.480 e. The molecular weight excluding hydrogens is 386 g/mol. The van der Waals surface area contributed by atoms with Crippen LogP contribution in [0.3, 0.4) is 0 Å². The van der Waals surface area contributed by atoms with E-state index in [0.29, 0.717) is 4.90 Å². The van der Waals surface area contributed by atoms with Gasteiger partial charge in [-0.1, -0.05) is 48.5 Å². The number of hydrogen-bond acceptors (Lipinski definition) is 5. The summed E-state index contributed by atoms with van der Waals surface area (Å²) in [6, 6.07) is 14.3. The molecule has 0 bridgehead atoms. The summed E-state index contributed by atoms with van der Waals surface area (Å²) in [7, 11) is 0. The summed E-state index contributed by atoms with van der Waals surface area (Å²) in [5.74, 6) is -1.55. The largest absolute Gasteiger partial charge is 0.480 e. The van der Waals surface area contributed by atoms with Crippen molar-refractivity contribution in [2.24, 2.45) is 0 Å². The van der Waals surface area contributed by atoms with Gasteiger partial charge in [-0.25, -0.2) is 14.4 Å². The molecule has 2 aromatic rings. The first kappa shape index (κ1) is 21.4. The van der Waals surface area contributed by atoms with E-state index in [0.717, 1.165) is 22.3 Å². The van der Waals surface area contributed by atoms with Gasteiger partial charge >= 0.3 is 18.2 Å². The molecule has 0 radical (unpaired) electrons. The van der Waals surface area contributed by atoms with Gasteiger partial charge in [0.05, 0.1) is 0 Å². The molecule has 0 saturated carbocycles. The van der Waals surface area contributed by atoms with E-state index in [-0.39, 0.29) is 12.5 Å². The number of benzene rings is 2. The Kier molecular flexibility index (Phi) is 5.82. The number of fused-ring (bicyclic) bond motifs is 3. The third-order valence-corrected chi connectivity index (χ3v) is 4.87. The van der Waals surface area contributed by atoms with Crippen LogP contribution < -0.4 is 0 Å². The summed E-state index contributed by atoms with van der Waals surface area (Å²) < 4.78 is 10.6. The van der Waals surface area contributed by atoms with Gasteiger partial charge in [-0.2, -0.15) is 4.90 Å². The number of nitrogens with zero attached hydrogens (tertiary/aromatic N) is 1. The number of carboxylic acids is 1. The average molecular weight is 411 g/mol. The highest BCUT2D eigenvalue weighted by Gasteiger charge is 2.37. The first-order chi connectivity index (χ1) is 14.1. The second kappa shape index (κ2) is 8.18. The Morgan fingerprint density at radius 1 is 0.967 bits per heavy atom. The Balaban J connectivity index is 1.82. The topological polar surface area (TPSA) is 93.1 Å². The molecule has 1 aliphatic carbocycles. The van der Waals surface area contributed by atoms with Gasteiger partial charge in [0.25, 0.3) is 0 Å². The van der Waals surface area contributed by atoms with Crippen molar-refractivity contribution in [3.63, 3.8) is 0 Å². The van der Waals surface area contributed by atoms with Crippen LogP contribution in [0.25, 0.3) is 11.1 Å². The molecular formula is C23H25NO6. The molecule has 0 spiro atoms. The molecule has 7 heteroatoms. The SMILES string of the molecule is C[C@@H](C(=O)O)N(C(=O)OCC1c2ccccc2-c2ccccc21)C(=O)OC(C)(C)C.